The molecule has 4 heteroatoms. The van der Waals surface area contributed by atoms with E-state index in [0.29, 0.717) is 24.5 Å². The van der Waals surface area contributed by atoms with Crippen LogP contribution in [0.3, 0.4) is 0 Å². The fraction of sp³-hybridized carbons (Fsp3) is 0.417. The lowest BCUT2D eigenvalue weighted by atomic mass is 10.1. The van der Waals surface area contributed by atoms with E-state index in [1.807, 2.05) is 19.1 Å². The Morgan fingerprint density at radius 2 is 2.19 bits per heavy atom. The first-order valence-corrected chi connectivity index (χ1v) is 5.88. The zero-order valence-electron chi connectivity index (χ0n) is 9.42. The second-order valence-electron chi connectivity index (χ2n) is 3.29. The lowest BCUT2D eigenvalue weighted by molar-refractivity contribution is 0.292. The SMILES string of the molecule is CCCOc1c(Br)cc(CC#N)cc1OC. The molecule has 0 N–H and O–H groups in total. The first-order chi connectivity index (χ1) is 7.72. The van der Waals surface area contributed by atoms with E-state index >= 15 is 0 Å². The van der Waals surface area contributed by atoms with Crippen molar-refractivity contribution in [2.45, 2.75) is 19.8 Å². The van der Waals surface area contributed by atoms with Gasteiger partial charge in [-0.1, -0.05) is 6.92 Å². The van der Waals surface area contributed by atoms with Crippen LogP contribution >= 0.6 is 15.9 Å². The van der Waals surface area contributed by atoms with E-state index in [1.165, 1.54) is 0 Å². The number of rotatable bonds is 5. The summed E-state index contributed by atoms with van der Waals surface area (Å²) in [7, 11) is 1.59. The molecule has 0 spiro atoms. The van der Waals surface area contributed by atoms with Gasteiger partial charge in [0, 0.05) is 0 Å². The molecule has 1 rings (SSSR count). The average molecular weight is 284 g/mol. The number of nitriles is 1. The van der Waals surface area contributed by atoms with Crippen molar-refractivity contribution in [1.29, 1.82) is 5.26 Å². The van der Waals surface area contributed by atoms with Gasteiger partial charge in [-0.05, 0) is 40.0 Å². The Hall–Kier alpha value is -1.21. The second kappa shape index (κ2) is 6.39. The van der Waals surface area contributed by atoms with Crippen LogP contribution in [0.25, 0.3) is 0 Å². The highest BCUT2D eigenvalue weighted by molar-refractivity contribution is 9.10. The van der Waals surface area contributed by atoms with Gasteiger partial charge in [0.15, 0.2) is 11.5 Å². The van der Waals surface area contributed by atoms with E-state index in [2.05, 4.69) is 22.0 Å². The number of nitrogens with zero attached hydrogens (tertiary/aromatic N) is 1. The second-order valence-corrected chi connectivity index (χ2v) is 4.15. The fourth-order valence-corrected chi connectivity index (χ4v) is 1.91. The monoisotopic (exact) mass is 283 g/mol. The Labute approximate surface area is 104 Å². The fourth-order valence-electron chi connectivity index (χ4n) is 1.31. The average Bonchev–Trinajstić information content (AvgIpc) is 2.27. The predicted octanol–water partition coefficient (Wildman–Crippen LogP) is 3.31. The van der Waals surface area contributed by atoms with Crippen molar-refractivity contribution in [3.05, 3.63) is 22.2 Å². The standard InChI is InChI=1S/C12H14BrNO2/c1-3-6-16-12-10(13)7-9(4-5-14)8-11(12)15-2/h7-8H,3-4,6H2,1-2H3. The van der Waals surface area contributed by atoms with Crippen molar-refractivity contribution in [1.82, 2.24) is 0 Å². The summed E-state index contributed by atoms with van der Waals surface area (Å²) in [6.07, 6.45) is 1.30. The molecule has 0 radical (unpaired) electrons. The molecule has 1 aromatic rings. The van der Waals surface area contributed by atoms with Gasteiger partial charge < -0.3 is 9.47 Å². The van der Waals surface area contributed by atoms with Crippen LogP contribution in [0.2, 0.25) is 0 Å². The lowest BCUT2D eigenvalue weighted by Crippen LogP contribution is -1.99. The third kappa shape index (κ3) is 3.14. The molecule has 3 nitrogen and oxygen atoms in total. The molecule has 0 aliphatic rings. The van der Waals surface area contributed by atoms with E-state index in [-0.39, 0.29) is 0 Å². The molecule has 0 fully saturated rings. The van der Waals surface area contributed by atoms with Crippen LogP contribution < -0.4 is 9.47 Å². The van der Waals surface area contributed by atoms with Gasteiger partial charge in [-0.15, -0.1) is 0 Å². The van der Waals surface area contributed by atoms with Crippen molar-refractivity contribution in [2.24, 2.45) is 0 Å². The summed E-state index contributed by atoms with van der Waals surface area (Å²) >= 11 is 3.42. The number of methoxy groups -OCH3 is 1. The molecule has 1 aromatic carbocycles. The topological polar surface area (TPSA) is 42.2 Å². The maximum Gasteiger partial charge on any atom is 0.175 e. The summed E-state index contributed by atoms with van der Waals surface area (Å²) in [6.45, 7) is 2.69. The van der Waals surface area contributed by atoms with Crippen molar-refractivity contribution in [3.63, 3.8) is 0 Å². The Balaban J connectivity index is 3.03. The molecule has 0 atom stereocenters. The van der Waals surface area contributed by atoms with Crippen LogP contribution in [0.15, 0.2) is 16.6 Å². The molecule has 0 amide bonds. The maximum atomic E-state index is 8.65. The summed E-state index contributed by atoms with van der Waals surface area (Å²) in [4.78, 5) is 0. The number of hydrogen-bond donors (Lipinski definition) is 0. The summed E-state index contributed by atoms with van der Waals surface area (Å²) < 4.78 is 11.7. The smallest absolute Gasteiger partial charge is 0.175 e. The van der Waals surface area contributed by atoms with Crippen LogP contribution in [-0.2, 0) is 6.42 Å². The first-order valence-electron chi connectivity index (χ1n) is 5.09. The van der Waals surface area contributed by atoms with E-state index in [0.717, 1.165) is 16.5 Å². The predicted molar refractivity (Wildman–Crippen MR) is 65.8 cm³/mol. The van der Waals surface area contributed by atoms with Crippen molar-refractivity contribution < 1.29 is 9.47 Å². The highest BCUT2D eigenvalue weighted by Crippen LogP contribution is 2.36. The summed E-state index contributed by atoms with van der Waals surface area (Å²) in [5, 5.41) is 8.65. The summed E-state index contributed by atoms with van der Waals surface area (Å²) in [5.74, 6) is 1.36. The van der Waals surface area contributed by atoms with Crippen LogP contribution in [0.4, 0.5) is 0 Å². The first kappa shape index (κ1) is 12.9. The number of benzene rings is 1. The molecule has 0 unspecified atom stereocenters. The van der Waals surface area contributed by atoms with Crippen LogP contribution in [0.5, 0.6) is 11.5 Å². The van der Waals surface area contributed by atoms with Crippen molar-refractivity contribution in [3.8, 4) is 17.6 Å². The largest absolute Gasteiger partial charge is 0.493 e. The van der Waals surface area contributed by atoms with Gasteiger partial charge in [0.1, 0.15) is 0 Å². The number of ether oxygens (including phenoxy) is 2. The zero-order chi connectivity index (χ0) is 12.0. The lowest BCUT2D eigenvalue weighted by Gasteiger charge is -2.13. The van der Waals surface area contributed by atoms with Crippen LogP contribution in [0.1, 0.15) is 18.9 Å². The van der Waals surface area contributed by atoms with Gasteiger partial charge in [-0.2, -0.15) is 5.26 Å². The third-order valence-corrected chi connectivity index (χ3v) is 2.61. The zero-order valence-corrected chi connectivity index (χ0v) is 11.0. The Bertz CT molecular complexity index is 399. The van der Waals surface area contributed by atoms with Gasteiger partial charge >= 0.3 is 0 Å². The maximum absolute atomic E-state index is 8.65. The Morgan fingerprint density at radius 3 is 2.75 bits per heavy atom. The number of halogens is 1. The van der Waals surface area contributed by atoms with Gasteiger partial charge in [0.05, 0.1) is 30.7 Å². The molecule has 0 aliphatic heterocycles. The Morgan fingerprint density at radius 1 is 1.44 bits per heavy atom. The third-order valence-electron chi connectivity index (χ3n) is 2.02. The summed E-state index contributed by atoms with van der Waals surface area (Å²) in [6, 6.07) is 5.83. The van der Waals surface area contributed by atoms with E-state index in [9.17, 15) is 0 Å². The van der Waals surface area contributed by atoms with Gasteiger partial charge in [-0.25, -0.2) is 0 Å². The molecule has 86 valence electrons. The van der Waals surface area contributed by atoms with Gasteiger partial charge in [0.2, 0.25) is 0 Å². The van der Waals surface area contributed by atoms with Crippen molar-refractivity contribution in [2.75, 3.05) is 13.7 Å². The highest BCUT2D eigenvalue weighted by Gasteiger charge is 2.11. The molecule has 16 heavy (non-hydrogen) atoms. The molecular formula is C12H14BrNO2. The molecule has 0 bridgehead atoms. The Kier molecular flexibility index (Phi) is 5.13. The minimum atomic E-state index is 0.364. The van der Waals surface area contributed by atoms with Crippen LogP contribution in [-0.4, -0.2) is 13.7 Å². The molecule has 0 heterocycles. The van der Waals surface area contributed by atoms with Crippen molar-refractivity contribution >= 4 is 15.9 Å². The number of hydrogen-bond acceptors (Lipinski definition) is 3. The molecule has 0 saturated carbocycles. The van der Waals surface area contributed by atoms with Crippen LogP contribution in [0, 0.1) is 11.3 Å². The summed E-state index contributed by atoms with van der Waals surface area (Å²) in [5.41, 5.74) is 0.912. The molecule has 0 saturated heterocycles. The van der Waals surface area contributed by atoms with Gasteiger partial charge in [-0.3, -0.25) is 0 Å². The molecular weight excluding hydrogens is 270 g/mol. The van der Waals surface area contributed by atoms with E-state index < -0.39 is 0 Å². The van der Waals surface area contributed by atoms with Gasteiger partial charge in [0.25, 0.3) is 0 Å². The normalized spacial score (nSPS) is 9.62. The molecule has 0 aromatic heterocycles. The van der Waals surface area contributed by atoms with E-state index in [4.69, 9.17) is 14.7 Å². The minimum Gasteiger partial charge on any atom is -0.493 e. The van der Waals surface area contributed by atoms with E-state index in [1.54, 1.807) is 7.11 Å². The minimum absolute atomic E-state index is 0.364. The highest BCUT2D eigenvalue weighted by atomic mass is 79.9. The molecule has 0 aliphatic carbocycles. The quantitative estimate of drug-likeness (QED) is 0.833.